The van der Waals surface area contributed by atoms with Crippen molar-refractivity contribution in [3.63, 3.8) is 0 Å². The Hall–Kier alpha value is -1.07. The maximum atomic E-state index is 11.6. The first-order valence-corrected chi connectivity index (χ1v) is 7.32. The number of likely N-dealkylation sites (N-methyl/N-ethyl adjacent to an activating group) is 1. The van der Waals surface area contributed by atoms with Crippen molar-refractivity contribution in [2.24, 2.45) is 0 Å². The second-order valence-electron chi connectivity index (χ2n) is 4.16. The average Bonchev–Trinajstić information content (AvgIpc) is 2.29. The first kappa shape index (κ1) is 14.0. The largest absolute Gasteiger partial charge is 0.384 e. The van der Waals surface area contributed by atoms with Crippen molar-refractivity contribution in [3.8, 4) is 0 Å². The van der Waals surface area contributed by atoms with Gasteiger partial charge in [0.15, 0.2) is 9.84 Å². The minimum atomic E-state index is -3.08. The fourth-order valence-electron chi connectivity index (χ4n) is 1.37. The van der Waals surface area contributed by atoms with E-state index in [4.69, 9.17) is 0 Å². The molecule has 0 bridgehead atoms. The second kappa shape index (κ2) is 6.02. The number of nitrogens with one attached hydrogen (secondary N) is 1. The van der Waals surface area contributed by atoms with Crippen molar-refractivity contribution in [2.75, 3.05) is 38.3 Å². The highest BCUT2D eigenvalue weighted by Crippen LogP contribution is 2.14. The van der Waals surface area contributed by atoms with E-state index in [9.17, 15) is 8.42 Å². The summed E-state index contributed by atoms with van der Waals surface area (Å²) in [6.45, 7) is 3.43. The summed E-state index contributed by atoms with van der Waals surface area (Å²) >= 11 is 0. The summed E-state index contributed by atoms with van der Waals surface area (Å²) < 4.78 is 23.2. The van der Waals surface area contributed by atoms with Gasteiger partial charge in [0, 0.05) is 18.8 Å². The van der Waals surface area contributed by atoms with Gasteiger partial charge in [-0.05, 0) is 38.4 Å². The Morgan fingerprint density at radius 3 is 2.24 bits per heavy atom. The molecular formula is C12H20N2O2S. The molecule has 1 aromatic rings. The standard InChI is InChI=1S/C12H20N2O2S/c1-4-17(15,16)12-7-5-11(6-8-12)13-9-10-14(2)3/h5-8,13H,4,9-10H2,1-3H3. The zero-order valence-corrected chi connectivity index (χ0v) is 11.4. The number of benzene rings is 1. The van der Waals surface area contributed by atoms with E-state index in [1.54, 1.807) is 31.2 Å². The summed E-state index contributed by atoms with van der Waals surface area (Å²) in [4.78, 5) is 2.47. The highest BCUT2D eigenvalue weighted by Gasteiger charge is 2.10. The first-order valence-electron chi connectivity index (χ1n) is 5.67. The van der Waals surface area contributed by atoms with Gasteiger partial charge in [-0.1, -0.05) is 6.92 Å². The fourth-order valence-corrected chi connectivity index (χ4v) is 2.25. The van der Waals surface area contributed by atoms with Gasteiger partial charge in [0.2, 0.25) is 0 Å². The number of hydrogen-bond acceptors (Lipinski definition) is 4. The van der Waals surface area contributed by atoms with Crippen LogP contribution in [0.4, 0.5) is 5.69 Å². The van der Waals surface area contributed by atoms with Gasteiger partial charge in [-0.25, -0.2) is 8.42 Å². The highest BCUT2D eigenvalue weighted by atomic mass is 32.2. The topological polar surface area (TPSA) is 49.4 Å². The number of rotatable bonds is 6. The van der Waals surface area contributed by atoms with Crippen LogP contribution in [0, 0.1) is 0 Å². The Kier molecular flexibility index (Phi) is 4.96. The molecule has 0 radical (unpaired) electrons. The zero-order chi connectivity index (χ0) is 12.9. The maximum absolute atomic E-state index is 11.6. The van der Waals surface area contributed by atoms with Crippen LogP contribution < -0.4 is 5.32 Å². The molecule has 4 nitrogen and oxygen atoms in total. The fraction of sp³-hybridized carbons (Fsp3) is 0.500. The SMILES string of the molecule is CCS(=O)(=O)c1ccc(NCCN(C)C)cc1. The van der Waals surface area contributed by atoms with Crippen molar-refractivity contribution in [3.05, 3.63) is 24.3 Å². The molecule has 1 aromatic carbocycles. The molecule has 0 unspecified atom stereocenters. The van der Waals surface area contributed by atoms with Crippen molar-refractivity contribution in [1.29, 1.82) is 0 Å². The van der Waals surface area contributed by atoms with E-state index in [0.29, 0.717) is 4.90 Å². The van der Waals surface area contributed by atoms with Gasteiger partial charge in [-0.3, -0.25) is 0 Å². The number of sulfone groups is 1. The lowest BCUT2D eigenvalue weighted by Gasteiger charge is -2.11. The quantitative estimate of drug-likeness (QED) is 0.837. The van der Waals surface area contributed by atoms with E-state index >= 15 is 0 Å². The minimum Gasteiger partial charge on any atom is -0.384 e. The Bertz CT molecular complexity index is 438. The normalized spacial score (nSPS) is 11.8. The molecule has 0 heterocycles. The summed E-state index contributed by atoms with van der Waals surface area (Å²) in [5, 5.41) is 3.24. The Morgan fingerprint density at radius 1 is 1.18 bits per heavy atom. The van der Waals surface area contributed by atoms with Crippen LogP contribution in [0.25, 0.3) is 0 Å². The van der Waals surface area contributed by atoms with Crippen molar-refractivity contribution >= 4 is 15.5 Å². The summed E-state index contributed by atoms with van der Waals surface area (Å²) in [5.74, 6) is 0.139. The van der Waals surface area contributed by atoms with Crippen LogP contribution in [-0.2, 0) is 9.84 Å². The molecule has 0 fully saturated rings. The monoisotopic (exact) mass is 256 g/mol. The second-order valence-corrected chi connectivity index (χ2v) is 6.44. The predicted octanol–water partition coefficient (Wildman–Crippen LogP) is 1.45. The molecule has 5 heteroatoms. The average molecular weight is 256 g/mol. The summed E-state index contributed by atoms with van der Waals surface area (Å²) in [5.41, 5.74) is 0.946. The Morgan fingerprint density at radius 2 is 1.76 bits per heavy atom. The lowest BCUT2D eigenvalue weighted by Crippen LogP contribution is -2.20. The molecule has 1 rings (SSSR count). The molecule has 0 saturated carbocycles. The van der Waals surface area contributed by atoms with Crippen LogP contribution in [-0.4, -0.2) is 46.3 Å². The lowest BCUT2D eigenvalue weighted by molar-refractivity contribution is 0.425. The molecule has 0 aliphatic carbocycles. The summed E-state index contributed by atoms with van der Waals surface area (Å²) in [7, 11) is 0.940. The molecule has 0 atom stereocenters. The van der Waals surface area contributed by atoms with E-state index < -0.39 is 9.84 Å². The van der Waals surface area contributed by atoms with Crippen LogP contribution >= 0.6 is 0 Å². The molecule has 96 valence electrons. The van der Waals surface area contributed by atoms with Crippen molar-refractivity contribution in [2.45, 2.75) is 11.8 Å². The summed E-state index contributed by atoms with van der Waals surface area (Å²) in [6.07, 6.45) is 0. The van der Waals surface area contributed by atoms with Gasteiger partial charge in [-0.2, -0.15) is 0 Å². The van der Waals surface area contributed by atoms with Gasteiger partial charge >= 0.3 is 0 Å². The number of anilines is 1. The molecular weight excluding hydrogens is 236 g/mol. The molecule has 0 amide bonds. The Balaban J connectivity index is 2.63. The summed E-state index contributed by atoms with van der Waals surface area (Å²) in [6, 6.07) is 6.91. The van der Waals surface area contributed by atoms with E-state index in [2.05, 4.69) is 10.2 Å². The molecule has 0 aliphatic rings. The third-order valence-corrected chi connectivity index (χ3v) is 4.23. The third kappa shape index (κ3) is 4.36. The van der Waals surface area contributed by atoms with E-state index in [-0.39, 0.29) is 5.75 Å². The van der Waals surface area contributed by atoms with Crippen molar-refractivity contribution in [1.82, 2.24) is 4.90 Å². The maximum Gasteiger partial charge on any atom is 0.178 e. The molecule has 0 aliphatic heterocycles. The molecule has 0 saturated heterocycles. The smallest absolute Gasteiger partial charge is 0.178 e. The number of hydrogen-bond donors (Lipinski definition) is 1. The Labute approximate surface area is 104 Å². The highest BCUT2D eigenvalue weighted by molar-refractivity contribution is 7.91. The third-order valence-electron chi connectivity index (χ3n) is 2.48. The zero-order valence-electron chi connectivity index (χ0n) is 10.6. The van der Waals surface area contributed by atoms with Crippen LogP contribution in [0.2, 0.25) is 0 Å². The van der Waals surface area contributed by atoms with Crippen molar-refractivity contribution < 1.29 is 8.42 Å². The predicted molar refractivity (Wildman–Crippen MR) is 71.2 cm³/mol. The number of nitrogens with zero attached hydrogens (tertiary/aromatic N) is 1. The lowest BCUT2D eigenvalue weighted by atomic mass is 10.3. The van der Waals surface area contributed by atoms with E-state index in [0.717, 1.165) is 18.8 Å². The molecule has 1 N–H and O–H groups in total. The van der Waals surface area contributed by atoms with Crippen LogP contribution in [0.1, 0.15) is 6.92 Å². The van der Waals surface area contributed by atoms with E-state index in [1.807, 2.05) is 14.1 Å². The van der Waals surface area contributed by atoms with Gasteiger partial charge < -0.3 is 10.2 Å². The van der Waals surface area contributed by atoms with Gasteiger partial charge in [0.05, 0.1) is 10.6 Å². The first-order chi connectivity index (χ1) is 7.95. The molecule has 0 spiro atoms. The van der Waals surface area contributed by atoms with Crippen LogP contribution in [0.5, 0.6) is 0 Å². The van der Waals surface area contributed by atoms with Gasteiger partial charge in [0.25, 0.3) is 0 Å². The van der Waals surface area contributed by atoms with Crippen LogP contribution in [0.3, 0.4) is 0 Å². The molecule has 0 aromatic heterocycles. The van der Waals surface area contributed by atoms with Gasteiger partial charge in [-0.15, -0.1) is 0 Å². The van der Waals surface area contributed by atoms with Gasteiger partial charge in [0.1, 0.15) is 0 Å². The van der Waals surface area contributed by atoms with E-state index in [1.165, 1.54) is 0 Å². The minimum absolute atomic E-state index is 0.139. The molecule has 17 heavy (non-hydrogen) atoms. The van der Waals surface area contributed by atoms with Crippen LogP contribution in [0.15, 0.2) is 29.2 Å².